The van der Waals surface area contributed by atoms with Crippen molar-refractivity contribution in [3.8, 4) is 0 Å². The third kappa shape index (κ3) is 3.30. The van der Waals surface area contributed by atoms with E-state index in [0.717, 1.165) is 34.8 Å². The van der Waals surface area contributed by atoms with Crippen LogP contribution in [0.25, 0.3) is 10.2 Å². The van der Waals surface area contributed by atoms with Crippen LogP contribution in [0.5, 0.6) is 0 Å². The zero-order chi connectivity index (χ0) is 14.5. The van der Waals surface area contributed by atoms with Gasteiger partial charge in [0.2, 0.25) is 5.91 Å². The molecule has 0 aliphatic heterocycles. The number of thiophene rings is 1. The molecule has 108 valence electrons. The Morgan fingerprint density at radius 3 is 2.70 bits per heavy atom. The van der Waals surface area contributed by atoms with Crippen molar-refractivity contribution in [3.63, 3.8) is 0 Å². The number of aromatic nitrogens is 2. The molecule has 4 nitrogen and oxygen atoms in total. The molecule has 0 fully saturated rings. The molecule has 6 heteroatoms. The van der Waals surface area contributed by atoms with Crippen molar-refractivity contribution < 1.29 is 4.79 Å². The molecule has 0 aliphatic rings. The van der Waals surface area contributed by atoms with Gasteiger partial charge in [0.15, 0.2) is 0 Å². The second-order valence-corrected chi connectivity index (χ2v) is 6.40. The van der Waals surface area contributed by atoms with Crippen molar-refractivity contribution in [1.82, 2.24) is 14.9 Å². The number of hydrogen-bond acceptors (Lipinski definition) is 5. The molecule has 0 atom stereocenters. The summed E-state index contributed by atoms with van der Waals surface area (Å²) in [5.41, 5.74) is 0. The summed E-state index contributed by atoms with van der Waals surface area (Å²) < 4.78 is 0. The topological polar surface area (TPSA) is 46.1 Å². The molecule has 2 aromatic heterocycles. The van der Waals surface area contributed by atoms with Gasteiger partial charge in [0.1, 0.15) is 16.2 Å². The molecule has 2 rings (SSSR count). The third-order valence-electron chi connectivity index (χ3n) is 3.14. The van der Waals surface area contributed by atoms with Crippen LogP contribution in [0.2, 0.25) is 0 Å². The summed E-state index contributed by atoms with van der Waals surface area (Å²) in [6, 6.07) is 2.14. The summed E-state index contributed by atoms with van der Waals surface area (Å²) in [6.45, 7) is 7.65. The van der Waals surface area contributed by atoms with Gasteiger partial charge in [0.25, 0.3) is 0 Å². The Balaban J connectivity index is 2.13. The number of amides is 1. The first-order valence-electron chi connectivity index (χ1n) is 6.83. The van der Waals surface area contributed by atoms with Crippen LogP contribution < -0.4 is 0 Å². The molecular formula is C14H19N3OS2. The van der Waals surface area contributed by atoms with Crippen LogP contribution in [-0.2, 0) is 11.2 Å². The Labute approximate surface area is 127 Å². The molecule has 0 N–H and O–H groups in total. The largest absolute Gasteiger partial charge is 0.343 e. The lowest BCUT2D eigenvalue weighted by Crippen LogP contribution is -2.31. The number of hydrogen-bond donors (Lipinski definition) is 0. The molecular weight excluding hydrogens is 290 g/mol. The molecule has 0 saturated carbocycles. The number of carbonyl (C=O) groups excluding carboxylic acids is 1. The van der Waals surface area contributed by atoms with Gasteiger partial charge in [-0.1, -0.05) is 18.7 Å². The first kappa shape index (κ1) is 15.3. The molecule has 0 bridgehead atoms. The van der Waals surface area contributed by atoms with E-state index in [2.05, 4.69) is 23.0 Å². The van der Waals surface area contributed by atoms with E-state index in [1.807, 2.05) is 18.7 Å². The summed E-state index contributed by atoms with van der Waals surface area (Å²) in [5.74, 6) is 0.600. The molecule has 0 aromatic carbocycles. The molecule has 1 amide bonds. The molecule has 2 aromatic rings. The fourth-order valence-electron chi connectivity index (χ4n) is 1.97. The van der Waals surface area contributed by atoms with Crippen LogP contribution in [-0.4, -0.2) is 39.6 Å². The zero-order valence-electron chi connectivity index (χ0n) is 12.0. The van der Waals surface area contributed by atoms with Crippen molar-refractivity contribution in [2.75, 3.05) is 18.8 Å². The smallest absolute Gasteiger partial charge is 0.232 e. The van der Waals surface area contributed by atoms with Gasteiger partial charge in [-0.15, -0.1) is 11.3 Å². The predicted molar refractivity (Wildman–Crippen MR) is 85.4 cm³/mol. The number of rotatable bonds is 6. The second-order valence-electron chi connectivity index (χ2n) is 4.32. The standard InChI is InChI=1S/C14H19N3OS2/c1-4-10-7-11-13(15-9-16-14(11)20-10)19-8-12(18)17(5-2)6-3/h7,9H,4-6,8H2,1-3H3. The lowest BCUT2D eigenvalue weighted by Gasteiger charge is -2.17. The minimum absolute atomic E-state index is 0.165. The van der Waals surface area contributed by atoms with Gasteiger partial charge >= 0.3 is 0 Å². The van der Waals surface area contributed by atoms with Crippen LogP contribution in [0.15, 0.2) is 17.4 Å². The third-order valence-corrected chi connectivity index (χ3v) is 5.32. The molecule has 2 heterocycles. The van der Waals surface area contributed by atoms with Crippen LogP contribution in [0, 0.1) is 0 Å². The maximum Gasteiger partial charge on any atom is 0.232 e. The maximum absolute atomic E-state index is 12.0. The van der Waals surface area contributed by atoms with Gasteiger partial charge in [-0.3, -0.25) is 4.79 Å². The van der Waals surface area contributed by atoms with E-state index in [9.17, 15) is 4.79 Å². The van der Waals surface area contributed by atoms with Crippen LogP contribution in [0.3, 0.4) is 0 Å². The Kier molecular flexibility index (Phi) is 5.37. The average molecular weight is 309 g/mol. The van der Waals surface area contributed by atoms with Gasteiger partial charge in [-0.2, -0.15) is 0 Å². The summed E-state index contributed by atoms with van der Waals surface area (Å²) in [7, 11) is 0. The summed E-state index contributed by atoms with van der Waals surface area (Å²) in [6.07, 6.45) is 2.59. The summed E-state index contributed by atoms with van der Waals surface area (Å²) >= 11 is 3.21. The van der Waals surface area contributed by atoms with E-state index >= 15 is 0 Å². The SMILES string of the molecule is CCc1cc2c(SCC(=O)N(CC)CC)ncnc2s1. The highest BCUT2D eigenvalue weighted by molar-refractivity contribution is 8.00. The van der Waals surface area contributed by atoms with Crippen molar-refractivity contribution >= 4 is 39.2 Å². The Morgan fingerprint density at radius 2 is 2.05 bits per heavy atom. The summed E-state index contributed by atoms with van der Waals surface area (Å²) in [5, 5.41) is 1.98. The summed E-state index contributed by atoms with van der Waals surface area (Å²) in [4.78, 5) is 24.8. The number of fused-ring (bicyclic) bond motifs is 1. The van der Waals surface area contributed by atoms with Crippen molar-refractivity contribution in [2.24, 2.45) is 0 Å². The number of aryl methyl sites for hydroxylation is 1. The molecule has 0 spiro atoms. The molecule has 0 aliphatic carbocycles. The van der Waals surface area contributed by atoms with Crippen molar-refractivity contribution in [3.05, 3.63) is 17.3 Å². The first-order chi connectivity index (χ1) is 9.69. The molecule has 0 unspecified atom stereocenters. The number of thioether (sulfide) groups is 1. The highest BCUT2D eigenvalue weighted by atomic mass is 32.2. The Hall–Kier alpha value is -1.14. The van der Waals surface area contributed by atoms with E-state index in [1.54, 1.807) is 17.7 Å². The molecule has 20 heavy (non-hydrogen) atoms. The highest BCUT2D eigenvalue weighted by Crippen LogP contribution is 2.30. The van der Waals surface area contributed by atoms with Crippen molar-refractivity contribution in [1.29, 1.82) is 0 Å². The quantitative estimate of drug-likeness (QED) is 0.607. The fourth-order valence-corrected chi connectivity index (χ4v) is 3.85. The lowest BCUT2D eigenvalue weighted by atomic mass is 10.3. The number of nitrogens with zero attached hydrogens (tertiary/aromatic N) is 3. The predicted octanol–water partition coefficient (Wildman–Crippen LogP) is 3.21. The van der Waals surface area contributed by atoms with Gasteiger partial charge in [0.05, 0.1) is 5.75 Å². The van der Waals surface area contributed by atoms with Gasteiger partial charge in [-0.25, -0.2) is 9.97 Å². The van der Waals surface area contributed by atoms with E-state index < -0.39 is 0 Å². The molecule has 0 radical (unpaired) electrons. The van der Waals surface area contributed by atoms with E-state index in [4.69, 9.17) is 0 Å². The second kappa shape index (κ2) is 7.04. The first-order valence-corrected chi connectivity index (χ1v) is 8.63. The normalized spacial score (nSPS) is 10.9. The Morgan fingerprint density at radius 1 is 1.30 bits per heavy atom. The highest BCUT2D eigenvalue weighted by Gasteiger charge is 2.13. The van der Waals surface area contributed by atoms with Gasteiger partial charge in [0, 0.05) is 23.4 Å². The number of carbonyl (C=O) groups is 1. The van der Waals surface area contributed by atoms with E-state index in [1.165, 1.54) is 16.6 Å². The lowest BCUT2D eigenvalue weighted by molar-refractivity contribution is -0.127. The zero-order valence-corrected chi connectivity index (χ0v) is 13.7. The molecule has 0 saturated heterocycles. The van der Waals surface area contributed by atoms with Crippen LogP contribution in [0.4, 0.5) is 0 Å². The van der Waals surface area contributed by atoms with Gasteiger partial charge < -0.3 is 4.90 Å². The Bertz CT molecular complexity index is 593. The van der Waals surface area contributed by atoms with Gasteiger partial charge in [-0.05, 0) is 26.3 Å². The average Bonchev–Trinajstić information content (AvgIpc) is 2.90. The van der Waals surface area contributed by atoms with Crippen molar-refractivity contribution in [2.45, 2.75) is 32.2 Å². The fraction of sp³-hybridized carbons (Fsp3) is 0.500. The van der Waals surface area contributed by atoms with Crippen LogP contribution >= 0.6 is 23.1 Å². The maximum atomic E-state index is 12.0. The minimum Gasteiger partial charge on any atom is -0.343 e. The minimum atomic E-state index is 0.165. The van der Waals surface area contributed by atoms with E-state index in [-0.39, 0.29) is 5.91 Å². The monoisotopic (exact) mass is 309 g/mol. The van der Waals surface area contributed by atoms with E-state index in [0.29, 0.717) is 5.75 Å². The van der Waals surface area contributed by atoms with Crippen LogP contribution in [0.1, 0.15) is 25.6 Å².